The van der Waals surface area contributed by atoms with Gasteiger partial charge in [0, 0.05) is 16.6 Å². The molecule has 0 bridgehead atoms. The SMILES string of the molecule is O=C1C(=O)N(Cc2ccc(F)cc2)C(c2cccc3ccccc23)/C1=C(/O)c1ccc(Br)cc1. The van der Waals surface area contributed by atoms with Crippen molar-refractivity contribution in [3.8, 4) is 0 Å². The molecule has 4 aromatic rings. The zero-order valence-electron chi connectivity index (χ0n) is 17.9. The number of carbonyl (C=O) groups is 2. The number of fused-ring (bicyclic) bond motifs is 1. The number of benzene rings is 4. The van der Waals surface area contributed by atoms with Crippen LogP contribution in [-0.4, -0.2) is 21.7 Å². The number of aliphatic hydroxyl groups is 1. The van der Waals surface area contributed by atoms with E-state index in [-0.39, 0.29) is 23.7 Å². The topological polar surface area (TPSA) is 57.6 Å². The largest absolute Gasteiger partial charge is 0.507 e. The van der Waals surface area contributed by atoms with Crippen molar-refractivity contribution in [3.63, 3.8) is 0 Å². The van der Waals surface area contributed by atoms with E-state index in [4.69, 9.17) is 0 Å². The highest BCUT2D eigenvalue weighted by atomic mass is 79.9. The summed E-state index contributed by atoms with van der Waals surface area (Å²) in [5, 5.41) is 13.1. The summed E-state index contributed by atoms with van der Waals surface area (Å²) in [5.41, 5.74) is 1.88. The molecule has 4 nitrogen and oxygen atoms in total. The minimum Gasteiger partial charge on any atom is -0.507 e. The van der Waals surface area contributed by atoms with E-state index in [1.54, 1.807) is 36.4 Å². The number of hydrogen-bond acceptors (Lipinski definition) is 3. The number of halogens is 2. The Balaban J connectivity index is 1.72. The minimum atomic E-state index is -0.806. The van der Waals surface area contributed by atoms with Crippen LogP contribution in [0.2, 0.25) is 0 Å². The van der Waals surface area contributed by atoms with Gasteiger partial charge in [0.2, 0.25) is 0 Å². The van der Waals surface area contributed by atoms with Gasteiger partial charge in [-0.05, 0) is 46.2 Å². The number of likely N-dealkylation sites (tertiary alicyclic amines) is 1. The molecule has 0 radical (unpaired) electrons. The van der Waals surface area contributed by atoms with E-state index in [2.05, 4.69) is 15.9 Å². The molecule has 1 unspecified atom stereocenters. The third-order valence-corrected chi connectivity index (χ3v) is 6.57. The molecule has 168 valence electrons. The summed E-state index contributed by atoms with van der Waals surface area (Å²) in [4.78, 5) is 28.0. The van der Waals surface area contributed by atoms with Gasteiger partial charge < -0.3 is 10.0 Å². The molecule has 1 saturated heterocycles. The van der Waals surface area contributed by atoms with Gasteiger partial charge in [-0.25, -0.2) is 4.39 Å². The van der Waals surface area contributed by atoms with Crippen molar-refractivity contribution in [3.05, 3.63) is 124 Å². The van der Waals surface area contributed by atoms with Crippen LogP contribution < -0.4 is 0 Å². The van der Waals surface area contributed by atoms with E-state index < -0.39 is 17.7 Å². The van der Waals surface area contributed by atoms with Crippen molar-refractivity contribution in [2.45, 2.75) is 12.6 Å². The summed E-state index contributed by atoms with van der Waals surface area (Å²) in [6.07, 6.45) is 0. The first-order valence-corrected chi connectivity index (χ1v) is 11.5. The van der Waals surface area contributed by atoms with Crippen LogP contribution in [0.1, 0.15) is 22.7 Å². The average molecular weight is 516 g/mol. The van der Waals surface area contributed by atoms with Crippen LogP contribution in [0.15, 0.2) is 101 Å². The second-order valence-corrected chi connectivity index (χ2v) is 9.04. The highest BCUT2D eigenvalue weighted by molar-refractivity contribution is 9.10. The summed E-state index contributed by atoms with van der Waals surface area (Å²) in [7, 11) is 0. The van der Waals surface area contributed by atoms with Crippen LogP contribution in [0.3, 0.4) is 0 Å². The van der Waals surface area contributed by atoms with Gasteiger partial charge in [0.05, 0.1) is 11.6 Å². The summed E-state index contributed by atoms with van der Waals surface area (Å²) in [5.74, 6) is -2.07. The number of carbonyl (C=O) groups excluding carboxylic acids is 2. The zero-order valence-corrected chi connectivity index (χ0v) is 19.5. The standard InChI is InChI=1S/C28H19BrFNO3/c29-20-12-10-19(11-13-20)26(32)24-25(23-7-3-5-18-4-1-2-6-22(18)23)31(28(34)27(24)33)16-17-8-14-21(30)15-9-17/h1-15,25,32H,16H2/b26-24-. The fourth-order valence-corrected chi connectivity index (χ4v) is 4.67. The first-order chi connectivity index (χ1) is 16.4. The molecule has 1 heterocycles. The van der Waals surface area contributed by atoms with Crippen molar-refractivity contribution in [2.75, 3.05) is 0 Å². The van der Waals surface area contributed by atoms with E-state index in [1.165, 1.54) is 17.0 Å². The van der Waals surface area contributed by atoms with Crippen LogP contribution in [0.25, 0.3) is 16.5 Å². The Kier molecular flexibility index (Phi) is 5.75. The number of rotatable bonds is 4. The lowest BCUT2D eigenvalue weighted by molar-refractivity contribution is -0.140. The smallest absolute Gasteiger partial charge is 0.295 e. The number of nitrogens with zero attached hydrogens (tertiary/aromatic N) is 1. The molecule has 6 heteroatoms. The summed E-state index contributed by atoms with van der Waals surface area (Å²) >= 11 is 3.37. The van der Waals surface area contributed by atoms with Crippen molar-refractivity contribution < 1.29 is 19.1 Å². The molecule has 1 N–H and O–H groups in total. The lowest BCUT2D eigenvalue weighted by Gasteiger charge is -2.26. The molecule has 0 aliphatic carbocycles. The zero-order chi connectivity index (χ0) is 23.8. The Morgan fingerprint density at radius 2 is 1.56 bits per heavy atom. The maximum Gasteiger partial charge on any atom is 0.295 e. The van der Waals surface area contributed by atoms with Gasteiger partial charge in [0.25, 0.3) is 11.7 Å². The number of ketones is 1. The Bertz CT molecular complexity index is 1440. The third-order valence-electron chi connectivity index (χ3n) is 6.04. The fourth-order valence-electron chi connectivity index (χ4n) is 4.41. The van der Waals surface area contributed by atoms with Gasteiger partial charge >= 0.3 is 0 Å². The van der Waals surface area contributed by atoms with E-state index in [9.17, 15) is 19.1 Å². The van der Waals surface area contributed by atoms with Crippen LogP contribution in [-0.2, 0) is 16.1 Å². The normalized spacial score (nSPS) is 17.5. The highest BCUT2D eigenvalue weighted by Gasteiger charge is 2.46. The van der Waals surface area contributed by atoms with Gasteiger partial charge in [-0.15, -0.1) is 0 Å². The Labute approximate surface area is 204 Å². The molecule has 1 fully saturated rings. The van der Waals surface area contributed by atoms with Crippen molar-refractivity contribution in [1.82, 2.24) is 4.90 Å². The van der Waals surface area contributed by atoms with Crippen LogP contribution in [0.4, 0.5) is 4.39 Å². The van der Waals surface area contributed by atoms with Gasteiger partial charge in [-0.3, -0.25) is 9.59 Å². The number of aliphatic hydroxyl groups excluding tert-OH is 1. The molecule has 1 amide bonds. The fraction of sp³-hybridized carbons (Fsp3) is 0.0714. The van der Waals surface area contributed by atoms with Gasteiger partial charge in [-0.2, -0.15) is 0 Å². The molecular weight excluding hydrogens is 497 g/mol. The number of Topliss-reactive ketones (excluding diaryl/α,β-unsaturated/α-hetero) is 1. The molecular formula is C28H19BrFNO3. The number of hydrogen-bond donors (Lipinski definition) is 1. The van der Waals surface area contributed by atoms with Crippen molar-refractivity contribution in [1.29, 1.82) is 0 Å². The second kappa shape index (κ2) is 8.88. The van der Waals surface area contributed by atoms with E-state index in [0.29, 0.717) is 11.1 Å². The quantitative estimate of drug-likeness (QED) is 0.195. The van der Waals surface area contributed by atoms with Crippen molar-refractivity contribution >= 4 is 44.2 Å². The van der Waals surface area contributed by atoms with Crippen LogP contribution in [0.5, 0.6) is 0 Å². The predicted molar refractivity (Wildman–Crippen MR) is 132 cm³/mol. The highest BCUT2D eigenvalue weighted by Crippen LogP contribution is 2.42. The molecule has 1 aliphatic rings. The maximum atomic E-state index is 13.5. The second-order valence-electron chi connectivity index (χ2n) is 8.13. The van der Waals surface area contributed by atoms with Gasteiger partial charge in [0.15, 0.2) is 0 Å². The van der Waals surface area contributed by atoms with Gasteiger partial charge in [0.1, 0.15) is 11.6 Å². The average Bonchev–Trinajstić information content (AvgIpc) is 3.10. The molecule has 4 aromatic carbocycles. The Morgan fingerprint density at radius 1 is 0.882 bits per heavy atom. The monoisotopic (exact) mass is 515 g/mol. The molecule has 1 aliphatic heterocycles. The molecule has 0 spiro atoms. The predicted octanol–water partition coefficient (Wildman–Crippen LogP) is 6.36. The molecule has 0 saturated carbocycles. The van der Waals surface area contributed by atoms with Crippen LogP contribution >= 0.6 is 15.9 Å². The molecule has 5 rings (SSSR count). The Morgan fingerprint density at radius 3 is 2.29 bits per heavy atom. The Hall–Kier alpha value is -3.77. The third kappa shape index (κ3) is 3.90. The van der Waals surface area contributed by atoms with Crippen molar-refractivity contribution in [2.24, 2.45) is 0 Å². The van der Waals surface area contributed by atoms with E-state index >= 15 is 0 Å². The lowest BCUT2D eigenvalue weighted by atomic mass is 9.91. The van der Waals surface area contributed by atoms with E-state index in [1.807, 2.05) is 42.5 Å². The summed E-state index contributed by atoms with van der Waals surface area (Å²) in [6, 6.07) is 25.3. The van der Waals surface area contributed by atoms with Crippen LogP contribution in [0, 0.1) is 5.82 Å². The lowest BCUT2D eigenvalue weighted by Crippen LogP contribution is -2.29. The summed E-state index contributed by atoms with van der Waals surface area (Å²) in [6.45, 7) is 0.0931. The molecule has 1 atom stereocenters. The summed E-state index contributed by atoms with van der Waals surface area (Å²) < 4.78 is 14.3. The first-order valence-electron chi connectivity index (χ1n) is 10.7. The number of amides is 1. The van der Waals surface area contributed by atoms with E-state index in [0.717, 1.165) is 20.8 Å². The molecule has 34 heavy (non-hydrogen) atoms. The molecule has 0 aromatic heterocycles. The minimum absolute atomic E-state index is 0.0331. The first kappa shape index (κ1) is 22.0. The maximum absolute atomic E-state index is 13.5. The van der Waals surface area contributed by atoms with Gasteiger partial charge in [-0.1, -0.05) is 82.7 Å².